The lowest BCUT2D eigenvalue weighted by atomic mass is 10.1. The van der Waals surface area contributed by atoms with Gasteiger partial charge in [0.05, 0.1) is 20.8 Å². The zero-order valence-electron chi connectivity index (χ0n) is 15.5. The van der Waals surface area contributed by atoms with Crippen LogP contribution in [-0.4, -0.2) is 61.4 Å². The normalized spacial score (nSPS) is 18.2. The Bertz CT molecular complexity index is 986. The van der Waals surface area contributed by atoms with Gasteiger partial charge in [-0.1, -0.05) is 0 Å². The highest BCUT2D eigenvalue weighted by Crippen LogP contribution is 2.39. The number of nitro benzene ring substituents is 2. The summed E-state index contributed by atoms with van der Waals surface area (Å²) in [5, 5.41) is 31.4. The minimum absolute atomic E-state index is 0.212. The fourth-order valence-corrected chi connectivity index (χ4v) is 3.97. The Hall–Kier alpha value is -3.48. The SMILES string of the molecule is O=C(CN1C(=O)S/C(=C\c2cc([N+](=O)[O-])cc([N+](=O)[O-])c2O)C1=O)N1CCCCC1. The van der Waals surface area contributed by atoms with E-state index in [1.165, 1.54) is 0 Å². The Morgan fingerprint density at radius 2 is 1.80 bits per heavy atom. The van der Waals surface area contributed by atoms with Crippen LogP contribution in [0.1, 0.15) is 24.8 Å². The molecule has 1 aromatic rings. The molecule has 0 spiro atoms. The summed E-state index contributed by atoms with van der Waals surface area (Å²) in [5.74, 6) is -2.06. The number of piperidine rings is 1. The predicted molar refractivity (Wildman–Crippen MR) is 105 cm³/mol. The molecule has 0 unspecified atom stereocenters. The molecular formula is C17H16N4O8S. The number of amides is 3. The number of non-ortho nitro benzene ring substituents is 1. The summed E-state index contributed by atoms with van der Waals surface area (Å²) >= 11 is 0.479. The second-order valence-corrected chi connectivity index (χ2v) is 7.62. The highest BCUT2D eigenvalue weighted by molar-refractivity contribution is 8.18. The maximum atomic E-state index is 12.6. The van der Waals surface area contributed by atoms with E-state index in [4.69, 9.17) is 0 Å². The van der Waals surface area contributed by atoms with E-state index in [9.17, 15) is 39.7 Å². The molecule has 158 valence electrons. The van der Waals surface area contributed by atoms with Crippen molar-refractivity contribution >= 4 is 46.3 Å². The quantitative estimate of drug-likeness (QED) is 0.414. The van der Waals surface area contributed by atoms with Crippen molar-refractivity contribution in [1.82, 2.24) is 9.80 Å². The molecule has 2 fully saturated rings. The van der Waals surface area contributed by atoms with Gasteiger partial charge < -0.3 is 10.0 Å². The number of imide groups is 1. The molecular weight excluding hydrogens is 420 g/mol. The summed E-state index contributed by atoms with van der Waals surface area (Å²) in [4.78, 5) is 59.5. The zero-order chi connectivity index (χ0) is 22.0. The Balaban J connectivity index is 1.87. The van der Waals surface area contributed by atoms with Crippen molar-refractivity contribution in [2.45, 2.75) is 19.3 Å². The van der Waals surface area contributed by atoms with E-state index in [-0.39, 0.29) is 16.4 Å². The summed E-state index contributed by atoms with van der Waals surface area (Å²) in [6, 6.07) is 1.45. The number of carbonyl (C=O) groups is 3. The van der Waals surface area contributed by atoms with Gasteiger partial charge >= 0.3 is 5.69 Å². The van der Waals surface area contributed by atoms with E-state index in [2.05, 4.69) is 0 Å². The van der Waals surface area contributed by atoms with E-state index in [1.54, 1.807) is 4.90 Å². The van der Waals surface area contributed by atoms with E-state index >= 15 is 0 Å². The highest BCUT2D eigenvalue weighted by atomic mass is 32.2. The molecule has 0 atom stereocenters. The van der Waals surface area contributed by atoms with Crippen molar-refractivity contribution in [3.63, 3.8) is 0 Å². The monoisotopic (exact) mass is 436 g/mol. The maximum Gasteiger partial charge on any atom is 0.318 e. The summed E-state index contributed by atoms with van der Waals surface area (Å²) in [7, 11) is 0. The van der Waals surface area contributed by atoms with Crippen LogP contribution < -0.4 is 0 Å². The number of nitro groups is 2. The second kappa shape index (κ2) is 8.49. The van der Waals surface area contributed by atoms with Crippen LogP contribution in [0.4, 0.5) is 16.2 Å². The molecule has 1 aromatic carbocycles. The summed E-state index contributed by atoms with van der Waals surface area (Å²) in [6.07, 6.45) is 3.66. The van der Waals surface area contributed by atoms with Crippen LogP contribution in [0, 0.1) is 20.2 Å². The van der Waals surface area contributed by atoms with Crippen molar-refractivity contribution in [1.29, 1.82) is 0 Å². The summed E-state index contributed by atoms with van der Waals surface area (Å²) in [6.45, 7) is 0.662. The number of phenols is 1. The van der Waals surface area contributed by atoms with E-state index in [1.807, 2.05) is 0 Å². The van der Waals surface area contributed by atoms with Crippen molar-refractivity contribution in [2.75, 3.05) is 19.6 Å². The minimum Gasteiger partial charge on any atom is -0.502 e. The molecule has 1 N–H and O–H groups in total. The van der Waals surface area contributed by atoms with Crippen LogP contribution in [0.2, 0.25) is 0 Å². The maximum absolute atomic E-state index is 12.6. The zero-order valence-corrected chi connectivity index (χ0v) is 16.3. The van der Waals surface area contributed by atoms with Gasteiger partial charge in [-0.2, -0.15) is 0 Å². The number of aromatic hydroxyl groups is 1. The number of carbonyl (C=O) groups excluding carboxylic acids is 3. The molecule has 3 amide bonds. The molecule has 2 aliphatic heterocycles. The molecule has 0 aromatic heterocycles. The van der Waals surface area contributed by atoms with Crippen molar-refractivity contribution in [2.24, 2.45) is 0 Å². The van der Waals surface area contributed by atoms with Crippen molar-refractivity contribution in [3.8, 4) is 5.75 Å². The Morgan fingerprint density at radius 3 is 2.40 bits per heavy atom. The smallest absolute Gasteiger partial charge is 0.318 e. The largest absolute Gasteiger partial charge is 0.502 e. The lowest BCUT2D eigenvalue weighted by Gasteiger charge is -2.27. The van der Waals surface area contributed by atoms with Crippen LogP contribution >= 0.6 is 11.8 Å². The van der Waals surface area contributed by atoms with Gasteiger partial charge in [0.15, 0.2) is 0 Å². The first-order valence-electron chi connectivity index (χ1n) is 8.88. The fraction of sp³-hybridized carbons (Fsp3) is 0.353. The van der Waals surface area contributed by atoms with Crippen LogP contribution in [0.25, 0.3) is 6.08 Å². The summed E-state index contributed by atoms with van der Waals surface area (Å²) in [5.41, 5.74) is -1.93. The lowest BCUT2D eigenvalue weighted by Crippen LogP contribution is -2.44. The minimum atomic E-state index is -0.997. The third-order valence-corrected chi connectivity index (χ3v) is 5.58. The molecule has 0 aliphatic carbocycles. The third kappa shape index (κ3) is 4.25. The average molecular weight is 436 g/mol. The molecule has 0 saturated carbocycles. The molecule has 12 nitrogen and oxygen atoms in total. The predicted octanol–water partition coefficient (Wildman–Crippen LogP) is 2.26. The summed E-state index contributed by atoms with van der Waals surface area (Å²) < 4.78 is 0. The Morgan fingerprint density at radius 1 is 1.13 bits per heavy atom. The number of likely N-dealkylation sites (tertiary alicyclic amines) is 1. The fourth-order valence-electron chi connectivity index (χ4n) is 3.14. The second-order valence-electron chi connectivity index (χ2n) is 6.63. The van der Waals surface area contributed by atoms with Gasteiger partial charge in [0.1, 0.15) is 6.54 Å². The average Bonchev–Trinajstić information content (AvgIpc) is 2.97. The third-order valence-electron chi connectivity index (χ3n) is 4.67. The number of phenolic OH excluding ortho intramolecular Hbond substituents is 1. The van der Waals surface area contributed by atoms with Crippen molar-refractivity contribution in [3.05, 3.63) is 42.8 Å². The molecule has 3 rings (SSSR count). The van der Waals surface area contributed by atoms with Crippen LogP contribution in [0.5, 0.6) is 5.75 Å². The van der Waals surface area contributed by atoms with Gasteiger partial charge in [-0.25, -0.2) is 0 Å². The lowest BCUT2D eigenvalue weighted by molar-refractivity contribution is -0.394. The van der Waals surface area contributed by atoms with E-state index in [0.29, 0.717) is 30.9 Å². The van der Waals surface area contributed by atoms with E-state index < -0.39 is 44.7 Å². The number of hydrogen-bond donors (Lipinski definition) is 1. The molecule has 13 heteroatoms. The first kappa shape index (κ1) is 21.2. The first-order chi connectivity index (χ1) is 14.2. The van der Waals surface area contributed by atoms with Gasteiger partial charge in [-0.3, -0.25) is 39.5 Å². The number of rotatable bonds is 5. The Kier molecular flexibility index (Phi) is 6.01. The van der Waals surface area contributed by atoms with Gasteiger partial charge in [-0.15, -0.1) is 0 Å². The van der Waals surface area contributed by atoms with Crippen LogP contribution in [0.15, 0.2) is 17.0 Å². The molecule has 2 saturated heterocycles. The van der Waals surface area contributed by atoms with E-state index in [0.717, 1.165) is 36.3 Å². The van der Waals surface area contributed by atoms with Crippen molar-refractivity contribution < 1.29 is 29.3 Å². The first-order valence-corrected chi connectivity index (χ1v) is 9.69. The van der Waals surface area contributed by atoms with Crippen LogP contribution in [0.3, 0.4) is 0 Å². The number of nitrogens with zero attached hydrogens (tertiary/aromatic N) is 4. The number of benzene rings is 1. The molecule has 2 aliphatic rings. The standard InChI is InChI=1S/C17H16N4O8S/c22-14(18-4-2-1-3-5-18)9-19-16(24)13(30-17(19)25)7-10-6-11(20(26)27)8-12(15(10)23)21(28)29/h6-8,23H,1-5,9H2/b13-7-. The van der Waals surface area contributed by atoms with Gasteiger partial charge in [-0.05, 0) is 37.1 Å². The van der Waals surface area contributed by atoms with Gasteiger partial charge in [0, 0.05) is 24.7 Å². The highest BCUT2D eigenvalue weighted by Gasteiger charge is 2.38. The van der Waals surface area contributed by atoms with Crippen LogP contribution in [-0.2, 0) is 9.59 Å². The van der Waals surface area contributed by atoms with Gasteiger partial charge in [0.2, 0.25) is 11.7 Å². The molecule has 0 radical (unpaired) electrons. The topological polar surface area (TPSA) is 164 Å². The van der Waals surface area contributed by atoms with Gasteiger partial charge in [0.25, 0.3) is 16.8 Å². The molecule has 0 bridgehead atoms. The number of thioether (sulfide) groups is 1. The Labute approximate surface area is 173 Å². The molecule has 2 heterocycles. The molecule has 30 heavy (non-hydrogen) atoms. The number of hydrogen-bond acceptors (Lipinski definition) is 9.